The molecule has 6 rings (SSSR count). The second-order valence-electron chi connectivity index (χ2n) is 8.60. The molecule has 2 fully saturated rings. The van der Waals surface area contributed by atoms with Crippen LogP contribution in [0.3, 0.4) is 0 Å². The molecule has 0 unspecified atom stereocenters. The average Bonchev–Trinajstić information content (AvgIpc) is 3.39. The minimum Gasteiger partial charge on any atom is -0.324 e. The molecular formula is C26H21N3O3. The number of nitrogens with zero attached hydrogens (tertiary/aromatic N) is 1. The zero-order valence-electron chi connectivity index (χ0n) is 17.2. The monoisotopic (exact) mass is 423 g/mol. The summed E-state index contributed by atoms with van der Waals surface area (Å²) in [5, 5.41) is 6.41. The summed E-state index contributed by atoms with van der Waals surface area (Å²) in [4.78, 5) is 42.2. The van der Waals surface area contributed by atoms with Crippen LogP contribution in [-0.4, -0.2) is 23.8 Å². The molecule has 2 N–H and O–H groups in total. The standard InChI is InChI=1S/C26H21N3O3/c30-23-21-20(15-16-9-3-1-4-10-16)28-26(18-13-7-8-14-19(18)27-25(26)32)22(21)24(31)29(23)17-11-5-2-6-12-17/h1-14,20-22,28H,15H2,(H,27,32)/t20-,21+,22-,26-/m0/s1. The van der Waals surface area contributed by atoms with Crippen LogP contribution >= 0.6 is 0 Å². The van der Waals surface area contributed by atoms with Crippen LogP contribution in [0, 0.1) is 11.8 Å². The Bertz CT molecular complexity index is 1240. The smallest absolute Gasteiger partial charge is 0.250 e. The van der Waals surface area contributed by atoms with Crippen LogP contribution in [0.15, 0.2) is 84.9 Å². The summed E-state index contributed by atoms with van der Waals surface area (Å²) < 4.78 is 0. The molecule has 0 radical (unpaired) electrons. The number of hydrogen-bond acceptors (Lipinski definition) is 4. The highest BCUT2D eigenvalue weighted by molar-refractivity contribution is 6.25. The fourth-order valence-electron chi connectivity index (χ4n) is 5.63. The molecule has 2 saturated heterocycles. The van der Waals surface area contributed by atoms with Crippen molar-refractivity contribution in [2.24, 2.45) is 11.8 Å². The Morgan fingerprint density at radius 2 is 1.44 bits per heavy atom. The van der Waals surface area contributed by atoms with E-state index >= 15 is 0 Å². The Hall–Kier alpha value is -3.77. The molecule has 0 bridgehead atoms. The third-order valence-corrected chi connectivity index (χ3v) is 6.94. The largest absolute Gasteiger partial charge is 0.324 e. The number of amides is 3. The summed E-state index contributed by atoms with van der Waals surface area (Å²) in [6, 6.07) is 25.9. The van der Waals surface area contributed by atoms with E-state index in [1.165, 1.54) is 4.90 Å². The van der Waals surface area contributed by atoms with E-state index in [1.807, 2.05) is 60.7 Å². The van der Waals surface area contributed by atoms with Crippen molar-refractivity contribution in [2.45, 2.75) is 18.0 Å². The summed E-state index contributed by atoms with van der Waals surface area (Å²) in [5.41, 5.74) is 1.73. The van der Waals surface area contributed by atoms with Crippen molar-refractivity contribution in [3.05, 3.63) is 96.1 Å². The van der Waals surface area contributed by atoms with Crippen LogP contribution in [-0.2, 0) is 26.3 Å². The van der Waals surface area contributed by atoms with Crippen LogP contribution in [0.4, 0.5) is 11.4 Å². The highest BCUT2D eigenvalue weighted by Crippen LogP contribution is 2.53. The number of rotatable bonds is 3. The molecule has 3 heterocycles. The van der Waals surface area contributed by atoms with Gasteiger partial charge in [0.2, 0.25) is 17.7 Å². The Kier molecular flexibility index (Phi) is 4.07. The Morgan fingerprint density at radius 1 is 0.781 bits per heavy atom. The number of fused-ring (bicyclic) bond motifs is 4. The van der Waals surface area contributed by atoms with Crippen molar-refractivity contribution in [3.63, 3.8) is 0 Å². The van der Waals surface area contributed by atoms with Crippen molar-refractivity contribution in [2.75, 3.05) is 10.2 Å². The number of imide groups is 1. The molecule has 0 aliphatic carbocycles. The molecular weight excluding hydrogens is 402 g/mol. The third kappa shape index (κ3) is 2.47. The van der Waals surface area contributed by atoms with Gasteiger partial charge in [-0.05, 0) is 30.2 Å². The molecule has 3 aliphatic rings. The van der Waals surface area contributed by atoms with Crippen molar-refractivity contribution >= 4 is 29.1 Å². The van der Waals surface area contributed by atoms with Crippen molar-refractivity contribution in [3.8, 4) is 0 Å². The molecule has 3 aromatic carbocycles. The molecule has 158 valence electrons. The SMILES string of the molecule is O=C1[C@@H]2[C@H](Cc3ccccc3)N[C@]3(C(=O)Nc4ccccc43)[C@@H]2C(=O)N1c1ccccc1. The van der Waals surface area contributed by atoms with Gasteiger partial charge in [0.25, 0.3) is 0 Å². The second-order valence-corrected chi connectivity index (χ2v) is 8.60. The number of para-hydroxylation sites is 2. The lowest BCUT2D eigenvalue weighted by atomic mass is 9.76. The normalized spacial score (nSPS) is 28.2. The highest BCUT2D eigenvalue weighted by Gasteiger charge is 2.70. The van der Waals surface area contributed by atoms with Gasteiger partial charge in [-0.15, -0.1) is 0 Å². The highest BCUT2D eigenvalue weighted by atomic mass is 16.2. The maximum absolute atomic E-state index is 13.8. The number of carbonyl (C=O) groups is 3. The lowest BCUT2D eigenvalue weighted by molar-refractivity contribution is -0.130. The maximum Gasteiger partial charge on any atom is 0.250 e. The van der Waals surface area contributed by atoms with Gasteiger partial charge in [0.15, 0.2) is 0 Å². The minimum absolute atomic E-state index is 0.256. The van der Waals surface area contributed by atoms with E-state index in [0.29, 0.717) is 17.8 Å². The first-order valence-corrected chi connectivity index (χ1v) is 10.8. The summed E-state index contributed by atoms with van der Waals surface area (Å²) >= 11 is 0. The van der Waals surface area contributed by atoms with E-state index in [9.17, 15) is 14.4 Å². The van der Waals surface area contributed by atoms with Gasteiger partial charge in [-0.1, -0.05) is 66.7 Å². The van der Waals surface area contributed by atoms with E-state index in [2.05, 4.69) is 10.6 Å². The van der Waals surface area contributed by atoms with Gasteiger partial charge in [-0.25, -0.2) is 4.90 Å². The van der Waals surface area contributed by atoms with Crippen LogP contribution in [0.1, 0.15) is 11.1 Å². The Morgan fingerprint density at radius 3 is 2.19 bits per heavy atom. The fraction of sp³-hybridized carbons (Fsp3) is 0.192. The maximum atomic E-state index is 13.8. The minimum atomic E-state index is -1.27. The first kappa shape index (κ1) is 19.0. The summed E-state index contributed by atoms with van der Waals surface area (Å²) in [7, 11) is 0. The molecule has 3 amide bonds. The van der Waals surface area contributed by atoms with Gasteiger partial charge in [-0.3, -0.25) is 19.7 Å². The molecule has 6 heteroatoms. The second kappa shape index (κ2) is 6.87. The number of hydrogen-bond donors (Lipinski definition) is 2. The van der Waals surface area contributed by atoms with E-state index in [1.54, 1.807) is 24.3 Å². The first-order valence-electron chi connectivity index (χ1n) is 10.8. The Balaban J connectivity index is 1.50. The molecule has 3 aliphatic heterocycles. The first-order chi connectivity index (χ1) is 15.6. The van der Waals surface area contributed by atoms with E-state index < -0.39 is 17.4 Å². The van der Waals surface area contributed by atoms with E-state index in [-0.39, 0.29) is 23.8 Å². The molecule has 0 aromatic heterocycles. The third-order valence-electron chi connectivity index (χ3n) is 6.94. The molecule has 0 saturated carbocycles. The predicted molar refractivity (Wildman–Crippen MR) is 120 cm³/mol. The fourth-order valence-corrected chi connectivity index (χ4v) is 5.63. The molecule has 3 aromatic rings. The number of nitrogens with one attached hydrogen (secondary N) is 2. The number of anilines is 2. The van der Waals surface area contributed by atoms with Crippen molar-refractivity contribution in [1.29, 1.82) is 0 Å². The van der Waals surface area contributed by atoms with Crippen LogP contribution in [0.25, 0.3) is 0 Å². The lowest BCUT2D eigenvalue weighted by Gasteiger charge is -2.29. The van der Waals surface area contributed by atoms with E-state index in [0.717, 1.165) is 11.1 Å². The Labute approximate surface area is 185 Å². The van der Waals surface area contributed by atoms with Gasteiger partial charge in [-0.2, -0.15) is 0 Å². The van der Waals surface area contributed by atoms with Crippen LogP contribution < -0.4 is 15.5 Å². The zero-order chi connectivity index (χ0) is 21.9. The summed E-state index contributed by atoms with van der Waals surface area (Å²) in [5.74, 6) is -2.32. The molecule has 6 nitrogen and oxygen atoms in total. The van der Waals surface area contributed by atoms with Crippen LogP contribution in [0.2, 0.25) is 0 Å². The quantitative estimate of drug-likeness (QED) is 0.635. The van der Waals surface area contributed by atoms with Crippen molar-refractivity contribution < 1.29 is 14.4 Å². The molecule has 1 spiro atoms. The van der Waals surface area contributed by atoms with Gasteiger partial charge in [0.1, 0.15) is 5.54 Å². The zero-order valence-corrected chi connectivity index (χ0v) is 17.2. The number of benzene rings is 3. The summed E-state index contributed by atoms with van der Waals surface area (Å²) in [6.07, 6.45) is 0.543. The molecule has 4 atom stereocenters. The predicted octanol–water partition coefficient (Wildman–Crippen LogP) is 2.85. The van der Waals surface area contributed by atoms with Gasteiger partial charge >= 0.3 is 0 Å². The van der Waals surface area contributed by atoms with Crippen molar-refractivity contribution in [1.82, 2.24) is 5.32 Å². The van der Waals surface area contributed by atoms with Gasteiger partial charge in [0.05, 0.1) is 17.5 Å². The number of carbonyl (C=O) groups excluding carboxylic acids is 3. The van der Waals surface area contributed by atoms with Gasteiger partial charge < -0.3 is 5.32 Å². The van der Waals surface area contributed by atoms with Gasteiger partial charge in [0, 0.05) is 17.3 Å². The van der Waals surface area contributed by atoms with E-state index in [4.69, 9.17) is 0 Å². The molecule has 32 heavy (non-hydrogen) atoms. The van der Waals surface area contributed by atoms with Crippen LogP contribution in [0.5, 0.6) is 0 Å². The topological polar surface area (TPSA) is 78.5 Å². The summed E-state index contributed by atoms with van der Waals surface area (Å²) in [6.45, 7) is 0. The average molecular weight is 423 g/mol. The lowest BCUT2D eigenvalue weighted by Crippen LogP contribution is -2.53.